The first-order valence-electron chi connectivity index (χ1n) is 10.5. The maximum absolute atomic E-state index is 13.1. The fourth-order valence-electron chi connectivity index (χ4n) is 4.16. The fourth-order valence-corrected chi connectivity index (χ4v) is 5.21. The molecule has 31 heavy (non-hydrogen) atoms. The molecule has 164 valence electrons. The van der Waals surface area contributed by atoms with Crippen LogP contribution in [0.25, 0.3) is 5.76 Å². The molecule has 0 radical (unpaired) electrons. The van der Waals surface area contributed by atoms with Crippen LogP contribution >= 0.6 is 11.3 Å². The van der Waals surface area contributed by atoms with Gasteiger partial charge in [-0.3, -0.25) is 9.59 Å². The average molecular weight is 442 g/mol. The predicted molar refractivity (Wildman–Crippen MR) is 119 cm³/mol. The first-order valence-corrected chi connectivity index (χ1v) is 11.4. The topological polar surface area (TPSA) is 76.1 Å². The summed E-state index contributed by atoms with van der Waals surface area (Å²) >= 11 is 1.48. The Labute approximate surface area is 186 Å². The molecule has 1 aromatic carbocycles. The van der Waals surface area contributed by atoms with Crippen LogP contribution in [0.3, 0.4) is 0 Å². The highest BCUT2D eigenvalue weighted by molar-refractivity contribution is 7.10. The molecule has 1 aromatic heterocycles. The lowest BCUT2D eigenvalue weighted by Gasteiger charge is -2.25. The monoisotopic (exact) mass is 441 g/mol. The Hall–Kier alpha value is -2.64. The van der Waals surface area contributed by atoms with E-state index in [0.29, 0.717) is 12.2 Å². The lowest BCUT2D eigenvalue weighted by atomic mass is 9.97. The van der Waals surface area contributed by atoms with Gasteiger partial charge in [0.05, 0.1) is 24.3 Å². The number of ketones is 1. The van der Waals surface area contributed by atoms with Crippen molar-refractivity contribution in [2.45, 2.75) is 52.4 Å². The van der Waals surface area contributed by atoms with Crippen molar-refractivity contribution in [3.05, 3.63) is 56.8 Å². The molecule has 7 heteroatoms. The van der Waals surface area contributed by atoms with Crippen LogP contribution < -0.4 is 4.74 Å². The number of aliphatic hydroxyl groups is 1. The number of hydrogen-bond acceptors (Lipinski definition) is 6. The number of benzene rings is 1. The third kappa shape index (κ3) is 4.00. The van der Waals surface area contributed by atoms with Crippen LogP contribution in [-0.2, 0) is 20.7 Å². The Kier molecular flexibility index (Phi) is 5.90. The maximum atomic E-state index is 13.1. The first kappa shape index (κ1) is 21.6. The summed E-state index contributed by atoms with van der Waals surface area (Å²) in [6.45, 7) is 8.38. The van der Waals surface area contributed by atoms with E-state index in [1.807, 2.05) is 51.3 Å². The zero-order valence-electron chi connectivity index (χ0n) is 18.2. The number of likely N-dealkylation sites (tertiary alicyclic amines) is 1. The van der Waals surface area contributed by atoms with Gasteiger partial charge in [-0.2, -0.15) is 0 Å². The van der Waals surface area contributed by atoms with Crippen molar-refractivity contribution in [2.24, 2.45) is 0 Å². The van der Waals surface area contributed by atoms with E-state index in [4.69, 9.17) is 9.47 Å². The summed E-state index contributed by atoms with van der Waals surface area (Å²) < 4.78 is 11.4. The van der Waals surface area contributed by atoms with Gasteiger partial charge in [0.15, 0.2) is 0 Å². The van der Waals surface area contributed by atoms with E-state index in [-0.39, 0.29) is 30.1 Å². The number of carbonyl (C=O) groups excluding carboxylic acids is 2. The Morgan fingerprint density at radius 2 is 2.10 bits per heavy atom. The van der Waals surface area contributed by atoms with Crippen molar-refractivity contribution in [3.63, 3.8) is 0 Å². The van der Waals surface area contributed by atoms with E-state index in [1.54, 1.807) is 6.07 Å². The smallest absolute Gasteiger partial charge is 0.295 e. The van der Waals surface area contributed by atoms with Gasteiger partial charge in [-0.05, 0) is 68.5 Å². The molecule has 0 spiro atoms. The molecule has 2 unspecified atom stereocenters. The van der Waals surface area contributed by atoms with Gasteiger partial charge < -0.3 is 19.5 Å². The molecule has 0 saturated carbocycles. The van der Waals surface area contributed by atoms with Crippen LogP contribution in [0.2, 0.25) is 0 Å². The van der Waals surface area contributed by atoms with E-state index in [1.165, 1.54) is 16.2 Å². The molecule has 2 aliphatic heterocycles. The minimum absolute atomic E-state index is 0.0229. The van der Waals surface area contributed by atoms with Crippen LogP contribution in [0.5, 0.6) is 5.75 Å². The molecule has 0 bridgehead atoms. The SMILES string of the molecule is Cc1ccsc1C1/C(=C(/O)c2ccc3c(c2)CC(C)O3)C(=O)C(=O)N1CCOC(C)C. The number of ether oxygens (including phenoxy) is 2. The van der Waals surface area contributed by atoms with Gasteiger partial charge in [-0.1, -0.05) is 0 Å². The van der Waals surface area contributed by atoms with Gasteiger partial charge in [0.2, 0.25) is 0 Å². The standard InChI is InChI=1S/C24H27NO5S/c1-13(2)29-9-8-25-20(23-14(3)7-10-31-23)19(22(27)24(25)28)21(26)16-5-6-18-17(12-16)11-15(4)30-18/h5-7,10,12-13,15,20,26H,8-9,11H2,1-4H3/b21-19-. The summed E-state index contributed by atoms with van der Waals surface area (Å²) in [4.78, 5) is 28.4. The molecule has 3 heterocycles. The minimum atomic E-state index is -0.662. The van der Waals surface area contributed by atoms with E-state index in [9.17, 15) is 14.7 Å². The van der Waals surface area contributed by atoms with Gasteiger partial charge in [0, 0.05) is 23.4 Å². The highest BCUT2D eigenvalue weighted by atomic mass is 32.1. The molecule has 1 saturated heterocycles. The second-order valence-corrected chi connectivity index (χ2v) is 9.28. The van der Waals surface area contributed by atoms with E-state index < -0.39 is 17.7 Å². The normalized spacial score (nSPS) is 22.3. The van der Waals surface area contributed by atoms with Crippen LogP contribution in [0, 0.1) is 6.92 Å². The van der Waals surface area contributed by atoms with Crippen molar-refractivity contribution < 1.29 is 24.2 Å². The molecule has 6 nitrogen and oxygen atoms in total. The van der Waals surface area contributed by atoms with Crippen molar-refractivity contribution in [1.82, 2.24) is 4.90 Å². The van der Waals surface area contributed by atoms with Gasteiger partial charge in [-0.15, -0.1) is 11.3 Å². The van der Waals surface area contributed by atoms with E-state index >= 15 is 0 Å². The molecule has 4 rings (SSSR count). The molecular weight excluding hydrogens is 414 g/mol. The van der Waals surface area contributed by atoms with Gasteiger partial charge >= 0.3 is 0 Å². The summed E-state index contributed by atoms with van der Waals surface area (Å²) in [5, 5.41) is 13.1. The zero-order chi connectivity index (χ0) is 22.3. The Morgan fingerprint density at radius 1 is 1.32 bits per heavy atom. The summed E-state index contributed by atoms with van der Waals surface area (Å²) in [5.41, 5.74) is 2.62. The Morgan fingerprint density at radius 3 is 2.77 bits per heavy atom. The first-order chi connectivity index (χ1) is 14.8. The molecule has 1 amide bonds. The Balaban J connectivity index is 1.77. The third-order valence-electron chi connectivity index (χ3n) is 5.64. The highest BCUT2D eigenvalue weighted by Gasteiger charge is 2.47. The molecule has 1 N–H and O–H groups in total. The lowest BCUT2D eigenvalue weighted by molar-refractivity contribution is -0.140. The summed E-state index contributed by atoms with van der Waals surface area (Å²) in [6.07, 6.45) is 0.840. The van der Waals surface area contributed by atoms with Crippen LogP contribution in [-0.4, -0.2) is 47.1 Å². The maximum Gasteiger partial charge on any atom is 0.295 e. The summed E-state index contributed by atoms with van der Waals surface area (Å²) in [5.74, 6) is -0.624. The molecule has 2 aliphatic rings. The van der Waals surface area contributed by atoms with Crippen LogP contribution in [0.1, 0.15) is 48.4 Å². The van der Waals surface area contributed by atoms with Crippen molar-refractivity contribution in [1.29, 1.82) is 0 Å². The summed E-state index contributed by atoms with van der Waals surface area (Å²) in [7, 11) is 0. The predicted octanol–water partition coefficient (Wildman–Crippen LogP) is 4.23. The number of thiophene rings is 1. The number of aliphatic hydroxyl groups excluding tert-OH is 1. The van der Waals surface area contributed by atoms with Gasteiger partial charge in [0.25, 0.3) is 11.7 Å². The lowest BCUT2D eigenvalue weighted by Crippen LogP contribution is -2.33. The molecule has 0 aliphatic carbocycles. The second kappa shape index (κ2) is 8.48. The average Bonchev–Trinajstić information content (AvgIpc) is 3.37. The fraction of sp³-hybridized carbons (Fsp3) is 0.417. The number of carbonyl (C=O) groups is 2. The molecule has 2 atom stereocenters. The third-order valence-corrected chi connectivity index (χ3v) is 6.71. The minimum Gasteiger partial charge on any atom is -0.507 e. The van der Waals surface area contributed by atoms with Crippen molar-refractivity contribution >= 4 is 28.8 Å². The number of Topliss-reactive ketones (excluding diaryl/α,β-unsaturated/α-hetero) is 1. The van der Waals surface area contributed by atoms with Gasteiger partial charge in [0.1, 0.15) is 17.6 Å². The highest BCUT2D eigenvalue weighted by Crippen LogP contribution is 2.43. The number of fused-ring (bicyclic) bond motifs is 1. The van der Waals surface area contributed by atoms with E-state index in [0.717, 1.165) is 28.2 Å². The number of rotatable bonds is 6. The zero-order valence-corrected chi connectivity index (χ0v) is 19.0. The van der Waals surface area contributed by atoms with Gasteiger partial charge in [-0.25, -0.2) is 0 Å². The number of aryl methyl sites for hydroxylation is 1. The quantitative estimate of drug-likeness (QED) is 0.413. The summed E-state index contributed by atoms with van der Waals surface area (Å²) in [6, 6.07) is 6.73. The van der Waals surface area contributed by atoms with Crippen molar-refractivity contribution in [3.8, 4) is 5.75 Å². The number of nitrogens with zero attached hydrogens (tertiary/aromatic N) is 1. The Bertz CT molecular complexity index is 1050. The van der Waals surface area contributed by atoms with E-state index in [2.05, 4.69) is 0 Å². The number of hydrogen-bond donors (Lipinski definition) is 1. The van der Waals surface area contributed by atoms with Crippen LogP contribution in [0.15, 0.2) is 35.2 Å². The number of amides is 1. The molecule has 1 fully saturated rings. The molecular formula is C24H27NO5S. The molecule has 2 aromatic rings. The largest absolute Gasteiger partial charge is 0.507 e. The van der Waals surface area contributed by atoms with Crippen molar-refractivity contribution in [2.75, 3.05) is 13.2 Å². The van der Waals surface area contributed by atoms with Crippen LogP contribution in [0.4, 0.5) is 0 Å². The second-order valence-electron chi connectivity index (χ2n) is 8.33.